The van der Waals surface area contributed by atoms with Crippen molar-refractivity contribution >= 4 is 22.8 Å². The Hall–Kier alpha value is -1.41. The van der Waals surface area contributed by atoms with Gasteiger partial charge in [-0.05, 0) is 37.8 Å². The van der Waals surface area contributed by atoms with Crippen molar-refractivity contribution in [3.05, 3.63) is 53.6 Å². The van der Waals surface area contributed by atoms with Gasteiger partial charge in [-0.2, -0.15) is 0 Å². The Labute approximate surface area is 129 Å². The largest absolute Gasteiger partial charge is 0.393 e. The molecule has 0 radical (unpaired) electrons. The highest BCUT2D eigenvalue weighted by molar-refractivity contribution is 7.80. The zero-order valence-corrected chi connectivity index (χ0v) is 14.0. The fourth-order valence-electron chi connectivity index (χ4n) is 1.66. The number of aryl methyl sites for hydroxylation is 1. The maximum absolute atomic E-state index is 5.47. The summed E-state index contributed by atoms with van der Waals surface area (Å²) in [5.41, 5.74) is 10.5. The molecule has 0 spiro atoms. The van der Waals surface area contributed by atoms with Crippen LogP contribution >= 0.6 is 12.2 Å². The lowest BCUT2D eigenvalue weighted by Crippen LogP contribution is -2.05. The fourth-order valence-corrected chi connectivity index (χ4v) is 1.74. The van der Waals surface area contributed by atoms with Gasteiger partial charge in [-0.25, -0.2) is 0 Å². The fraction of sp³-hybridized carbons (Fsp3) is 0.389. The molecule has 110 valence electrons. The first-order chi connectivity index (χ1) is 9.49. The second-order valence-corrected chi connectivity index (χ2v) is 5.21. The van der Waals surface area contributed by atoms with Crippen LogP contribution in [0.2, 0.25) is 0 Å². The summed E-state index contributed by atoms with van der Waals surface area (Å²) in [6, 6.07) is 8.50. The van der Waals surface area contributed by atoms with Gasteiger partial charge in [0.15, 0.2) is 0 Å². The lowest BCUT2D eigenvalue weighted by molar-refractivity contribution is 0.985. The summed E-state index contributed by atoms with van der Waals surface area (Å²) >= 11 is 4.85. The quantitative estimate of drug-likeness (QED) is 0.557. The van der Waals surface area contributed by atoms with Gasteiger partial charge in [-0.1, -0.05) is 74.1 Å². The van der Waals surface area contributed by atoms with Crippen LogP contribution in [0.5, 0.6) is 0 Å². The molecule has 20 heavy (non-hydrogen) atoms. The van der Waals surface area contributed by atoms with Crippen LogP contribution in [0.15, 0.2) is 42.5 Å². The van der Waals surface area contributed by atoms with Crippen LogP contribution in [0.1, 0.15) is 51.2 Å². The molecular weight excluding hydrogens is 262 g/mol. The molecule has 0 aliphatic carbocycles. The topological polar surface area (TPSA) is 26.0 Å². The summed E-state index contributed by atoms with van der Waals surface area (Å²) in [5, 5.41) is 0. The van der Waals surface area contributed by atoms with Crippen LogP contribution in [-0.2, 0) is 0 Å². The van der Waals surface area contributed by atoms with E-state index in [-0.39, 0.29) is 0 Å². The van der Waals surface area contributed by atoms with Crippen molar-refractivity contribution in [1.29, 1.82) is 0 Å². The summed E-state index contributed by atoms with van der Waals surface area (Å²) < 4.78 is 0. The number of thiocarbonyl (C=S) groups is 1. The van der Waals surface area contributed by atoms with Crippen molar-refractivity contribution < 1.29 is 0 Å². The zero-order valence-electron chi connectivity index (χ0n) is 13.2. The third-order valence-corrected chi connectivity index (χ3v) is 3.10. The Morgan fingerprint density at radius 2 is 1.75 bits per heavy atom. The molecule has 0 aliphatic rings. The number of hydrogen-bond acceptors (Lipinski definition) is 1. The van der Waals surface area contributed by atoms with Gasteiger partial charge < -0.3 is 5.73 Å². The number of benzene rings is 1. The van der Waals surface area contributed by atoms with Crippen molar-refractivity contribution in [2.24, 2.45) is 5.73 Å². The highest BCUT2D eigenvalue weighted by Crippen LogP contribution is 2.20. The van der Waals surface area contributed by atoms with Crippen molar-refractivity contribution in [1.82, 2.24) is 0 Å². The Morgan fingerprint density at radius 1 is 1.20 bits per heavy atom. The zero-order chi connectivity index (χ0) is 15.5. The summed E-state index contributed by atoms with van der Waals surface area (Å²) in [5.74, 6) is 0. The number of rotatable bonds is 6. The molecule has 2 N–H and O–H groups in total. The molecule has 0 amide bonds. The minimum Gasteiger partial charge on any atom is -0.393 e. The van der Waals surface area contributed by atoms with Crippen LogP contribution in [0.3, 0.4) is 0 Å². The summed E-state index contributed by atoms with van der Waals surface area (Å²) in [6.45, 7) is 12.3. The molecule has 0 aromatic heterocycles. The Kier molecular flexibility index (Phi) is 9.65. The van der Waals surface area contributed by atoms with Gasteiger partial charge in [-0.15, -0.1) is 0 Å². The molecule has 0 atom stereocenters. The van der Waals surface area contributed by atoms with Crippen molar-refractivity contribution in [2.45, 2.75) is 47.0 Å². The smallest absolute Gasteiger partial charge is 0.0765 e. The Bertz CT molecular complexity index is 455. The molecule has 1 rings (SSSR count). The van der Waals surface area contributed by atoms with E-state index in [1.165, 1.54) is 22.3 Å². The molecule has 1 aromatic rings. The predicted octanol–water partition coefficient (Wildman–Crippen LogP) is 5.44. The van der Waals surface area contributed by atoms with Crippen LogP contribution < -0.4 is 5.73 Å². The van der Waals surface area contributed by atoms with Crippen LogP contribution in [0.4, 0.5) is 0 Å². The first kappa shape index (κ1) is 18.6. The van der Waals surface area contributed by atoms with E-state index in [9.17, 15) is 0 Å². The molecule has 0 saturated carbocycles. The van der Waals surface area contributed by atoms with E-state index < -0.39 is 0 Å². The van der Waals surface area contributed by atoms with Gasteiger partial charge in [0.2, 0.25) is 0 Å². The third kappa shape index (κ3) is 7.90. The summed E-state index contributed by atoms with van der Waals surface area (Å²) in [7, 11) is 0. The minimum absolute atomic E-state index is 0.548. The maximum Gasteiger partial charge on any atom is 0.0765 e. The van der Waals surface area contributed by atoms with Crippen molar-refractivity contribution in [2.75, 3.05) is 0 Å². The Morgan fingerprint density at radius 3 is 2.25 bits per heavy atom. The molecule has 1 nitrogen and oxygen atoms in total. The molecule has 1 aromatic carbocycles. The lowest BCUT2D eigenvalue weighted by Gasteiger charge is -2.07. The molecule has 0 fully saturated rings. The van der Waals surface area contributed by atoms with Gasteiger partial charge in [0, 0.05) is 6.42 Å². The average molecular weight is 289 g/mol. The summed E-state index contributed by atoms with van der Waals surface area (Å²) in [4.78, 5) is 0.548. The van der Waals surface area contributed by atoms with Crippen molar-refractivity contribution in [3.8, 4) is 0 Å². The maximum atomic E-state index is 5.47. The number of nitrogens with two attached hydrogens (primary N) is 1. The van der Waals surface area contributed by atoms with E-state index >= 15 is 0 Å². The molecule has 0 unspecified atom stereocenters. The molecule has 0 bridgehead atoms. The normalized spacial score (nSPS) is 10.5. The van der Waals surface area contributed by atoms with Crippen LogP contribution in [-0.4, -0.2) is 4.99 Å². The van der Waals surface area contributed by atoms with Gasteiger partial charge in [0.05, 0.1) is 4.99 Å². The minimum atomic E-state index is 0.548. The van der Waals surface area contributed by atoms with Crippen LogP contribution in [0.25, 0.3) is 5.57 Å². The first-order valence-electron chi connectivity index (χ1n) is 7.18. The molecule has 0 saturated heterocycles. The van der Waals surface area contributed by atoms with E-state index in [2.05, 4.69) is 50.8 Å². The molecular formula is C18H27NS. The van der Waals surface area contributed by atoms with Gasteiger partial charge in [-0.3, -0.25) is 0 Å². The Balaban J connectivity index is 0.00000172. The summed E-state index contributed by atoms with van der Waals surface area (Å²) in [6.07, 6.45) is 4.78. The van der Waals surface area contributed by atoms with Gasteiger partial charge in [0.25, 0.3) is 0 Å². The first-order valence-corrected chi connectivity index (χ1v) is 7.58. The highest BCUT2D eigenvalue weighted by atomic mass is 32.1. The average Bonchev–Trinajstić information content (AvgIpc) is 2.45. The molecule has 0 aliphatic heterocycles. The molecule has 0 heterocycles. The second kappa shape index (κ2) is 10.4. The number of allylic oxidation sites excluding steroid dienone is 2. The van der Waals surface area contributed by atoms with Crippen LogP contribution in [0, 0.1) is 6.92 Å². The highest BCUT2D eigenvalue weighted by Gasteiger charge is 1.99. The lowest BCUT2D eigenvalue weighted by atomic mass is 9.99. The monoisotopic (exact) mass is 289 g/mol. The molecule has 2 heteroatoms. The second-order valence-electron chi connectivity index (χ2n) is 4.69. The van der Waals surface area contributed by atoms with E-state index in [4.69, 9.17) is 18.0 Å². The van der Waals surface area contributed by atoms with E-state index in [0.29, 0.717) is 11.4 Å². The van der Waals surface area contributed by atoms with E-state index in [0.717, 1.165) is 12.8 Å². The van der Waals surface area contributed by atoms with Gasteiger partial charge >= 0.3 is 0 Å². The SMILES string of the molecule is C=C(CC/C(C)=C/CC(N)=S)c1ccc(C)cc1.CC. The van der Waals surface area contributed by atoms with E-state index in [1.807, 2.05) is 13.8 Å². The standard InChI is InChI=1S/C16H21NS.C2H6/c1-12(7-11-16(17)18)4-8-14(3)15-9-5-13(2)6-10-15;1-2/h5-7,9-10H,3-4,8,11H2,1-2H3,(H2,17,18);1-2H3/b12-7+;. The van der Waals surface area contributed by atoms with Crippen molar-refractivity contribution in [3.63, 3.8) is 0 Å². The predicted molar refractivity (Wildman–Crippen MR) is 96.0 cm³/mol. The van der Waals surface area contributed by atoms with Gasteiger partial charge in [0.1, 0.15) is 0 Å². The third-order valence-electron chi connectivity index (χ3n) is 2.93. The van der Waals surface area contributed by atoms with E-state index in [1.54, 1.807) is 0 Å². The number of hydrogen-bond donors (Lipinski definition) is 1.